The molecule has 5 rings (SSSR count). The molecular weight excluding hydrogens is 430 g/mol. The first-order valence-electron chi connectivity index (χ1n) is 9.98. The summed E-state index contributed by atoms with van der Waals surface area (Å²) in [7, 11) is 1.55. The van der Waals surface area contributed by atoms with Crippen LogP contribution in [0.25, 0.3) is 11.0 Å². The van der Waals surface area contributed by atoms with Crippen molar-refractivity contribution in [2.24, 2.45) is 0 Å². The van der Waals surface area contributed by atoms with Gasteiger partial charge >= 0.3 is 5.63 Å². The molecule has 1 aliphatic rings. The number of halogens is 1. The summed E-state index contributed by atoms with van der Waals surface area (Å²) in [6, 6.07) is 21.1. The van der Waals surface area contributed by atoms with Gasteiger partial charge in [-0.2, -0.15) is 0 Å². The molecule has 160 valence electrons. The number of rotatable bonds is 4. The van der Waals surface area contributed by atoms with Gasteiger partial charge in [0.05, 0.1) is 24.0 Å². The predicted octanol–water partition coefficient (Wildman–Crippen LogP) is 4.99. The van der Waals surface area contributed by atoms with Gasteiger partial charge in [0.25, 0.3) is 5.91 Å². The van der Waals surface area contributed by atoms with E-state index in [1.807, 2.05) is 6.07 Å². The second kappa shape index (κ2) is 8.05. The third-order valence-corrected chi connectivity index (χ3v) is 5.73. The standard InChI is InChI=1S/C25H18ClNO5/c1-30-17-6-4-5-16(13-17)27-24(28)23-20(14-9-11-15(26)12-10-14)21-22(32-23)18-7-2-3-8-19(18)31-25(21)29/h2-13,20,23H,1H3,(H,27,28)/t20-,23+/m0/s1. The molecule has 0 fully saturated rings. The number of anilines is 1. The Hall–Kier alpha value is -3.77. The molecule has 0 bridgehead atoms. The third kappa shape index (κ3) is 3.48. The van der Waals surface area contributed by atoms with E-state index in [-0.39, 0.29) is 0 Å². The summed E-state index contributed by atoms with van der Waals surface area (Å²) in [6.07, 6.45) is -0.980. The highest BCUT2D eigenvalue weighted by atomic mass is 35.5. The number of para-hydroxylation sites is 1. The number of methoxy groups -OCH3 is 1. The minimum atomic E-state index is -0.980. The van der Waals surface area contributed by atoms with Crippen LogP contribution in [0.5, 0.6) is 11.5 Å². The van der Waals surface area contributed by atoms with Gasteiger partial charge in [-0.3, -0.25) is 4.79 Å². The summed E-state index contributed by atoms with van der Waals surface area (Å²) in [4.78, 5) is 26.3. The van der Waals surface area contributed by atoms with Gasteiger partial charge in [0.15, 0.2) is 6.10 Å². The van der Waals surface area contributed by atoms with Crippen LogP contribution in [0, 0.1) is 0 Å². The molecule has 2 heterocycles. The van der Waals surface area contributed by atoms with Crippen molar-refractivity contribution in [2.75, 3.05) is 12.4 Å². The molecule has 1 aliphatic heterocycles. The molecule has 4 aromatic rings. The second-order valence-corrected chi connectivity index (χ2v) is 7.85. The lowest BCUT2D eigenvalue weighted by atomic mass is 9.88. The molecule has 0 saturated carbocycles. The molecule has 32 heavy (non-hydrogen) atoms. The molecule has 1 N–H and O–H groups in total. The first kappa shape index (κ1) is 20.2. The second-order valence-electron chi connectivity index (χ2n) is 7.42. The number of ether oxygens (including phenoxy) is 2. The summed E-state index contributed by atoms with van der Waals surface area (Å²) in [5, 5.41) is 4.06. The van der Waals surface area contributed by atoms with Crippen LogP contribution in [-0.4, -0.2) is 19.1 Å². The highest BCUT2D eigenvalue weighted by molar-refractivity contribution is 6.30. The van der Waals surface area contributed by atoms with Gasteiger partial charge < -0.3 is 19.2 Å². The number of carbonyl (C=O) groups excluding carboxylic acids is 1. The first-order chi connectivity index (χ1) is 15.5. The van der Waals surface area contributed by atoms with Crippen molar-refractivity contribution < 1.29 is 18.7 Å². The molecule has 6 nitrogen and oxygen atoms in total. The molecule has 0 aliphatic carbocycles. The number of hydrogen-bond acceptors (Lipinski definition) is 5. The molecule has 0 radical (unpaired) electrons. The van der Waals surface area contributed by atoms with Crippen molar-refractivity contribution in [3.8, 4) is 11.5 Å². The minimum absolute atomic E-state index is 0.316. The van der Waals surface area contributed by atoms with Gasteiger partial charge in [-0.15, -0.1) is 0 Å². The Bertz CT molecular complexity index is 1380. The summed E-state index contributed by atoms with van der Waals surface area (Å²) in [5.74, 6) is -0.0754. The largest absolute Gasteiger partial charge is 0.497 e. The number of fused-ring (bicyclic) bond motifs is 3. The van der Waals surface area contributed by atoms with E-state index in [1.165, 1.54) is 0 Å². The number of nitrogens with one attached hydrogen (secondary N) is 1. The van der Waals surface area contributed by atoms with Crippen molar-refractivity contribution >= 4 is 34.2 Å². The maximum atomic E-state index is 13.3. The van der Waals surface area contributed by atoms with Crippen LogP contribution < -0.4 is 20.4 Å². The number of amides is 1. The predicted molar refractivity (Wildman–Crippen MR) is 122 cm³/mol. The summed E-state index contributed by atoms with van der Waals surface area (Å²) < 4.78 is 16.9. The fraction of sp³-hybridized carbons (Fsp3) is 0.120. The van der Waals surface area contributed by atoms with Crippen molar-refractivity contribution in [3.63, 3.8) is 0 Å². The zero-order chi connectivity index (χ0) is 22.2. The maximum absolute atomic E-state index is 13.3. The molecule has 3 aromatic carbocycles. The Morgan fingerprint density at radius 2 is 1.81 bits per heavy atom. The fourth-order valence-electron chi connectivity index (χ4n) is 4.01. The zero-order valence-electron chi connectivity index (χ0n) is 17.0. The average molecular weight is 448 g/mol. The van der Waals surface area contributed by atoms with Gasteiger partial charge in [-0.1, -0.05) is 41.9 Å². The monoisotopic (exact) mass is 447 g/mol. The van der Waals surface area contributed by atoms with Crippen LogP contribution in [0.3, 0.4) is 0 Å². The van der Waals surface area contributed by atoms with E-state index in [4.69, 9.17) is 25.5 Å². The Balaban J connectivity index is 1.61. The minimum Gasteiger partial charge on any atom is -0.497 e. The highest BCUT2D eigenvalue weighted by Gasteiger charge is 2.44. The van der Waals surface area contributed by atoms with Crippen LogP contribution in [0.4, 0.5) is 5.69 Å². The van der Waals surface area contributed by atoms with E-state index in [2.05, 4.69) is 5.32 Å². The van der Waals surface area contributed by atoms with E-state index < -0.39 is 23.6 Å². The van der Waals surface area contributed by atoms with E-state index in [1.54, 1.807) is 73.8 Å². The third-order valence-electron chi connectivity index (χ3n) is 5.48. The first-order valence-corrected chi connectivity index (χ1v) is 10.4. The van der Waals surface area contributed by atoms with Crippen LogP contribution in [-0.2, 0) is 4.79 Å². The van der Waals surface area contributed by atoms with Crippen LogP contribution in [0.1, 0.15) is 17.0 Å². The Labute approximate surface area is 188 Å². The smallest absolute Gasteiger partial charge is 0.344 e. The quantitative estimate of drug-likeness (QED) is 0.446. The van der Waals surface area contributed by atoms with E-state index in [9.17, 15) is 9.59 Å². The fourth-order valence-corrected chi connectivity index (χ4v) is 4.13. The van der Waals surface area contributed by atoms with Crippen molar-refractivity contribution in [2.45, 2.75) is 12.0 Å². The molecule has 1 aromatic heterocycles. The Kier molecular flexibility index (Phi) is 5.07. The molecular formula is C25H18ClNO5. The lowest BCUT2D eigenvalue weighted by Gasteiger charge is -2.19. The maximum Gasteiger partial charge on any atom is 0.344 e. The van der Waals surface area contributed by atoms with Crippen LogP contribution in [0.15, 0.2) is 82.0 Å². The Morgan fingerprint density at radius 3 is 2.59 bits per heavy atom. The van der Waals surface area contributed by atoms with Gasteiger partial charge in [0.2, 0.25) is 0 Å². The summed E-state index contributed by atoms with van der Waals surface area (Å²) >= 11 is 6.06. The number of carbonyl (C=O) groups is 1. The topological polar surface area (TPSA) is 77.8 Å². The molecule has 0 saturated heterocycles. The summed E-state index contributed by atoms with van der Waals surface area (Å²) in [5.41, 5.74) is 1.47. The van der Waals surface area contributed by atoms with Gasteiger partial charge in [-0.05, 0) is 42.0 Å². The van der Waals surface area contributed by atoms with Gasteiger partial charge in [0.1, 0.15) is 17.1 Å². The van der Waals surface area contributed by atoms with Crippen LogP contribution in [0.2, 0.25) is 5.02 Å². The van der Waals surface area contributed by atoms with Crippen molar-refractivity contribution in [1.82, 2.24) is 0 Å². The molecule has 7 heteroatoms. The lowest BCUT2D eigenvalue weighted by Crippen LogP contribution is -2.35. The van der Waals surface area contributed by atoms with E-state index in [0.717, 1.165) is 5.56 Å². The zero-order valence-corrected chi connectivity index (χ0v) is 17.8. The normalized spacial score (nSPS) is 16.9. The SMILES string of the molecule is COc1cccc(NC(=O)[C@@H]2Oc3c(c(=O)oc4ccccc34)[C@@H]2c2ccc(Cl)cc2)c1. The molecule has 0 spiro atoms. The number of benzene rings is 3. The van der Waals surface area contributed by atoms with Crippen molar-refractivity contribution in [3.05, 3.63) is 99.4 Å². The van der Waals surface area contributed by atoms with Gasteiger partial charge in [-0.25, -0.2) is 4.79 Å². The average Bonchev–Trinajstić information content (AvgIpc) is 3.22. The Morgan fingerprint density at radius 1 is 1.03 bits per heavy atom. The summed E-state index contributed by atoms with van der Waals surface area (Å²) in [6.45, 7) is 0. The molecule has 0 unspecified atom stereocenters. The van der Waals surface area contributed by atoms with Gasteiger partial charge in [0, 0.05) is 16.8 Å². The molecule has 1 amide bonds. The lowest BCUT2D eigenvalue weighted by molar-refractivity contribution is -0.122. The van der Waals surface area contributed by atoms with Crippen LogP contribution >= 0.6 is 11.6 Å². The van der Waals surface area contributed by atoms with Crippen molar-refractivity contribution in [1.29, 1.82) is 0 Å². The molecule has 2 atom stereocenters. The van der Waals surface area contributed by atoms with E-state index >= 15 is 0 Å². The number of hydrogen-bond donors (Lipinski definition) is 1. The van der Waals surface area contributed by atoms with E-state index in [0.29, 0.717) is 38.7 Å². The highest BCUT2D eigenvalue weighted by Crippen LogP contribution is 2.44.